The predicted molar refractivity (Wildman–Crippen MR) is 96.1 cm³/mol. The molecule has 0 spiro atoms. The molecule has 25 heavy (non-hydrogen) atoms. The van der Waals surface area contributed by atoms with Gasteiger partial charge in [-0.2, -0.15) is 0 Å². The van der Waals surface area contributed by atoms with Crippen LogP contribution >= 0.6 is 0 Å². The van der Waals surface area contributed by atoms with E-state index >= 15 is 0 Å². The zero-order valence-electron chi connectivity index (χ0n) is 14.6. The molecular weight excluding hydrogens is 317 g/mol. The number of methoxy groups -OCH3 is 1. The van der Waals surface area contributed by atoms with Gasteiger partial charge in [0.25, 0.3) is 0 Å². The molecule has 1 unspecified atom stereocenters. The van der Waals surface area contributed by atoms with Gasteiger partial charge in [-0.05, 0) is 56.0 Å². The Morgan fingerprint density at radius 3 is 2.64 bits per heavy atom. The number of piperidine rings is 1. The van der Waals surface area contributed by atoms with E-state index in [1.807, 2.05) is 24.3 Å². The quantitative estimate of drug-likeness (QED) is 0.870. The third-order valence-corrected chi connectivity index (χ3v) is 5.08. The first kappa shape index (κ1) is 17.9. The Morgan fingerprint density at radius 1 is 1.24 bits per heavy atom. The number of likely N-dealkylation sites (tertiary alicyclic amines) is 1. The molecule has 1 aliphatic heterocycles. The second-order valence-corrected chi connectivity index (χ2v) is 6.66. The van der Waals surface area contributed by atoms with Crippen molar-refractivity contribution in [3.05, 3.63) is 65.5 Å². The van der Waals surface area contributed by atoms with Gasteiger partial charge in [0.2, 0.25) is 0 Å². The van der Waals surface area contributed by atoms with Gasteiger partial charge in [-0.1, -0.05) is 30.3 Å². The van der Waals surface area contributed by atoms with Gasteiger partial charge in [0.15, 0.2) is 0 Å². The maximum atomic E-state index is 12.9. The van der Waals surface area contributed by atoms with Crippen LogP contribution in [0.4, 0.5) is 4.39 Å². The van der Waals surface area contributed by atoms with E-state index in [9.17, 15) is 9.50 Å². The van der Waals surface area contributed by atoms with Crippen LogP contribution in [0.5, 0.6) is 5.75 Å². The Hall–Kier alpha value is -1.91. The molecule has 4 heteroatoms. The topological polar surface area (TPSA) is 32.7 Å². The van der Waals surface area contributed by atoms with Gasteiger partial charge < -0.3 is 14.7 Å². The van der Waals surface area contributed by atoms with E-state index < -0.39 is 6.10 Å². The van der Waals surface area contributed by atoms with Crippen molar-refractivity contribution in [3.63, 3.8) is 0 Å². The van der Waals surface area contributed by atoms with E-state index in [0.717, 1.165) is 50.0 Å². The van der Waals surface area contributed by atoms with E-state index in [2.05, 4.69) is 11.0 Å². The second kappa shape index (κ2) is 8.45. The minimum absolute atomic E-state index is 0.188. The van der Waals surface area contributed by atoms with Crippen molar-refractivity contribution in [1.29, 1.82) is 0 Å². The molecule has 0 aromatic heterocycles. The number of rotatable bonds is 6. The lowest BCUT2D eigenvalue weighted by Crippen LogP contribution is -2.36. The summed E-state index contributed by atoms with van der Waals surface area (Å²) in [6.07, 6.45) is 2.34. The first-order valence-corrected chi connectivity index (χ1v) is 8.87. The van der Waals surface area contributed by atoms with E-state index in [-0.39, 0.29) is 11.7 Å². The Bertz CT molecular complexity index is 666. The molecule has 0 amide bonds. The number of hydrogen-bond acceptors (Lipinski definition) is 3. The molecule has 1 saturated heterocycles. The summed E-state index contributed by atoms with van der Waals surface area (Å²) < 4.78 is 18.3. The van der Waals surface area contributed by atoms with E-state index in [4.69, 9.17) is 4.74 Å². The number of benzene rings is 2. The number of hydrogen-bond donors (Lipinski definition) is 1. The van der Waals surface area contributed by atoms with Crippen LogP contribution in [-0.2, 0) is 6.42 Å². The van der Waals surface area contributed by atoms with Gasteiger partial charge in [0.05, 0.1) is 13.2 Å². The molecule has 0 bridgehead atoms. The molecule has 2 aromatic rings. The highest BCUT2D eigenvalue weighted by molar-refractivity contribution is 5.34. The van der Waals surface area contributed by atoms with Crippen LogP contribution in [0.2, 0.25) is 0 Å². The molecule has 1 atom stereocenters. The van der Waals surface area contributed by atoms with Gasteiger partial charge in [-0.3, -0.25) is 0 Å². The van der Waals surface area contributed by atoms with Gasteiger partial charge in [0, 0.05) is 18.2 Å². The summed E-state index contributed by atoms with van der Waals surface area (Å²) in [5.74, 6) is 0.688. The summed E-state index contributed by atoms with van der Waals surface area (Å²) in [6.45, 7) is 2.92. The van der Waals surface area contributed by atoms with Gasteiger partial charge >= 0.3 is 0 Å². The van der Waals surface area contributed by atoms with Gasteiger partial charge in [0.1, 0.15) is 11.6 Å². The van der Waals surface area contributed by atoms with Crippen LogP contribution < -0.4 is 4.74 Å². The Kier molecular flexibility index (Phi) is 6.05. The van der Waals surface area contributed by atoms with Crippen LogP contribution in [0.1, 0.15) is 30.1 Å². The van der Waals surface area contributed by atoms with Gasteiger partial charge in [-0.15, -0.1) is 0 Å². The first-order valence-electron chi connectivity index (χ1n) is 8.87. The molecule has 3 rings (SSSR count). The number of ether oxygens (including phenoxy) is 1. The average Bonchev–Trinajstić information content (AvgIpc) is 2.67. The fourth-order valence-corrected chi connectivity index (χ4v) is 3.53. The van der Waals surface area contributed by atoms with Crippen molar-refractivity contribution in [1.82, 2.24) is 4.90 Å². The zero-order valence-corrected chi connectivity index (χ0v) is 14.6. The summed E-state index contributed by atoms with van der Waals surface area (Å²) in [5, 5.41) is 10.7. The highest BCUT2D eigenvalue weighted by atomic mass is 19.1. The van der Waals surface area contributed by atoms with Crippen molar-refractivity contribution in [2.24, 2.45) is 5.92 Å². The van der Waals surface area contributed by atoms with Crippen LogP contribution in [0.25, 0.3) is 0 Å². The largest absolute Gasteiger partial charge is 0.496 e. The molecule has 3 nitrogen and oxygen atoms in total. The zero-order chi connectivity index (χ0) is 17.6. The molecule has 1 aliphatic rings. The standard InChI is InChI=1S/C21H25FNO2/c1-25-20-5-3-2-4-19(20)21(24)17-11-14-23(15-12-17)13-10-16-6-8-18(22)9-7-16/h2-4,6-9,17,21,24H,10-15H2,1H3. The highest BCUT2D eigenvalue weighted by Gasteiger charge is 2.27. The maximum absolute atomic E-state index is 12.9. The number of aliphatic hydroxyl groups excluding tert-OH is 1. The van der Waals surface area contributed by atoms with E-state index in [0.29, 0.717) is 5.75 Å². The Labute approximate surface area is 149 Å². The van der Waals surface area contributed by atoms with E-state index in [1.165, 1.54) is 12.1 Å². The fraction of sp³-hybridized carbons (Fsp3) is 0.429. The van der Waals surface area contributed by atoms with Crippen molar-refractivity contribution >= 4 is 0 Å². The summed E-state index contributed by atoms with van der Waals surface area (Å²) in [4.78, 5) is 2.42. The summed E-state index contributed by atoms with van der Waals surface area (Å²) in [6, 6.07) is 15.4. The number of aliphatic hydroxyl groups is 1. The third kappa shape index (κ3) is 4.59. The highest BCUT2D eigenvalue weighted by Crippen LogP contribution is 2.34. The third-order valence-electron chi connectivity index (χ3n) is 5.08. The van der Waals surface area contributed by atoms with Crippen molar-refractivity contribution in [2.75, 3.05) is 26.7 Å². The predicted octanol–water partition coefficient (Wildman–Crippen LogP) is 3.62. The number of halogens is 1. The lowest BCUT2D eigenvalue weighted by atomic mass is 9.87. The molecule has 1 N–H and O–H groups in total. The minimum atomic E-state index is -0.508. The van der Waals surface area contributed by atoms with Crippen LogP contribution in [-0.4, -0.2) is 36.8 Å². The van der Waals surface area contributed by atoms with E-state index in [1.54, 1.807) is 13.2 Å². The van der Waals surface area contributed by atoms with Gasteiger partial charge in [-0.25, -0.2) is 4.39 Å². The maximum Gasteiger partial charge on any atom is 0.132 e. The molecular formula is C21H25FNO2. The monoisotopic (exact) mass is 342 g/mol. The number of para-hydroxylation sites is 1. The fourth-order valence-electron chi connectivity index (χ4n) is 3.53. The lowest BCUT2D eigenvalue weighted by Gasteiger charge is -2.34. The van der Waals surface area contributed by atoms with Crippen molar-refractivity contribution in [2.45, 2.75) is 25.4 Å². The van der Waals surface area contributed by atoms with Crippen molar-refractivity contribution < 1.29 is 14.2 Å². The Morgan fingerprint density at radius 2 is 1.96 bits per heavy atom. The molecule has 1 heterocycles. The average molecular weight is 342 g/mol. The summed E-state index contributed by atoms with van der Waals surface area (Å²) in [7, 11) is 1.61. The number of nitrogens with zero attached hydrogens (tertiary/aromatic N) is 1. The van der Waals surface area contributed by atoms with Crippen LogP contribution in [0.3, 0.4) is 0 Å². The Balaban J connectivity index is 1.50. The molecule has 1 radical (unpaired) electrons. The smallest absolute Gasteiger partial charge is 0.132 e. The van der Waals surface area contributed by atoms with Crippen LogP contribution in [0.15, 0.2) is 42.5 Å². The molecule has 0 saturated carbocycles. The summed E-state index contributed by atoms with van der Waals surface area (Å²) in [5.41, 5.74) is 1.99. The van der Waals surface area contributed by atoms with Crippen molar-refractivity contribution in [3.8, 4) is 5.75 Å². The molecule has 0 aliphatic carbocycles. The second-order valence-electron chi connectivity index (χ2n) is 6.66. The first-order chi connectivity index (χ1) is 12.2. The molecule has 2 aromatic carbocycles. The normalized spacial score (nSPS) is 17.4. The lowest BCUT2D eigenvalue weighted by molar-refractivity contribution is 0.0575. The molecule has 1 fully saturated rings. The summed E-state index contributed by atoms with van der Waals surface area (Å²) >= 11 is 0. The SMILES string of the molecule is COc1[c]cccc1C(O)C1CCN(CCc2ccc(F)cc2)CC1. The molecule has 133 valence electrons. The van der Waals surface area contributed by atoms with Crippen LogP contribution in [0, 0.1) is 17.8 Å². The minimum Gasteiger partial charge on any atom is -0.496 e.